The van der Waals surface area contributed by atoms with E-state index in [2.05, 4.69) is 9.68 Å². The summed E-state index contributed by atoms with van der Waals surface area (Å²) in [5.74, 6) is 0. The van der Waals surface area contributed by atoms with Crippen LogP contribution in [0.25, 0.3) is 0 Å². The zero-order chi connectivity index (χ0) is 5.98. The van der Waals surface area contributed by atoms with Gasteiger partial charge in [0.15, 0.2) is 0 Å². The fourth-order valence-electron chi connectivity index (χ4n) is 0.453. The highest BCUT2D eigenvalue weighted by Gasteiger charge is 1.96. The zero-order valence-electron chi connectivity index (χ0n) is 4.52. The molecule has 3 heteroatoms. The lowest BCUT2D eigenvalue weighted by atomic mass is 10.3. The van der Waals surface area contributed by atoms with Gasteiger partial charge in [0.2, 0.25) is 0 Å². The smallest absolute Gasteiger partial charge is 0.306 e. The van der Waals surface area contributed by atoms with Gasteiger partial charge in [0.25, 0.3) is 0 Å². The number of aryl methyl sites for hydroxylation is 1. The number of aromatic nitrogens is 1. The van der Waals surface area contributed by atoms with Crippen molar-refractivity contribution in [1.82, 2.24) is 5.16 Å². The van der Waals surface area contributed by atoms with E-state index < -0.39 is 6.01 Å². The molecule has 0 N–H and O–H groups in total. The first-order valence-corrected chi connectivity index (χ1v) is 2.44. The molecule has 0 fully saturated rings. The van der Waals surface area contributed by atoms with Crippen molar-refractivity contribution in [2.75, 3.05) is 0 Å². The van der Waals surface area contributed by atoms with Crippen molar-refractivity contribution in [2.45, 2.75) is 13.3 Å². The van der Waals surface area contributed by atoms with Crippen molar-refractivity contribution in [1.29, 1.82) is 0 Å². The molecule has 0 amide bonds. The maximum absolute atomic E-state index is 11.9. The van der Waals surface area contributed by atoms with Gasteiger partial charge in [-0.2, -0.15) is 4.39 Å². The minimum absolute atomic E-state index is 0.609. The van der Waals surface area contributed by atoms with Gasteiger partial charge in [0.05, 0.1) is 5.69 Å². The second-order valence-electron chi connectivity index (χ2n) is 1.48. The average Bonchev–Trinajstić information content (AvgIpc) is 2.14. The van der Waals surface area contributed by atoms with Crippen LogP contribution in [0.2, 0.25) is 0 Å². The maximum Gasteiger partial charge on any atom is 0.306 e. The summed E-state index contributed by atoms with van der Waals surface area (Å²) in [5, 5.41) is 3.38. The predicted octanol–water partition coefficient (Wildman–Crippen LogP) is 1.38. The number of halogens is 1. The normalized spacial score (nSPS) is 9.75. The molecule has 0 aliphatic rings. The quantitative estimate of drug-likeness (QED) is 0.552. The zero-order valence-corrected chi connectivity index (χ0v) is 4.52. The summed E-state index contributed by atoms with van der Waals surface area (Å²) in [6, 6.07) is 0.668. The first-order valence-electron chi connectivity index (χ1n) is 2.44. The third-order valence-electron chi connectivity index (χ3n) is 0.892. The van der Waals surface area contributed by atoms with Gasteiger partial charge >= 0.3 is 6.01 Å². The maximum atomic E-state index is 11.9. The van der Waals surface area contributed by atoms with Gasteiger partial charge in [-0.05, 0) is 6.42 Å². The van der Waals surface area contributed by atoms with Crippen molar-refractivity contribution in [3.8, 4) is 0 Å². The molecule has 1 rings (SSSR count). The van der Waals surface area contributed by atoms with Gasteiger partial charge in [-0.15, -0.1) is 0 Å². The van der Waals surface area contributed by atoms with Gasteiger partial charge in [-0.3, -0.25) is 0 Å². The molecule has 1 heterocycles. The average molecular weight is 115 g/mol. The second kappa shape index (κ2) is 1.94. The Bertz CT molecular complexity index is 173. The van der Waals surface area contributed by atoms with Crippen LogP contribution in [-0.4, -0.2) is 5.16 Å². The van der Waals surface area contributed by atoms with Crippen molar-refractivity contribution >= 4 is 0 Å². The van der Waals surface area contributed by atoms with Crippen molar-refractivity contribution in [3.63, 3.8) is 0 Å². The summed E-state index contributed by atoms with van der Waals surface area (Å²) in [6.07, 6.45) is 0.716. The third-order valence-corrected chi connectivity index (χ3v) is 0.892. The highest BCUT2D eigenvalue weighted by Crippen LogP contribution is 1.99. The Kier molecular flexibility index (Phi) is 1.28. The van der Waals surface area contributed by atoms with E-state index in [0.29, 0.717) is 12.1 Å². The summed E-state index contributed by atoms with van der Waals surface area (Å²) in [6.45, 7) is 1.89. The first-order chi connectivity index (χ1) is 3.83. The molecule has 8 heavy (non-hydrogen) atoms. The number of rotatable bonds is 1. The molecule has 1 aromatic heterocycles. The SMILES string of the molecule is CCc1cc(F)on1. The molecule has 0 radical (unpaired) electrons. The lowest BCUT2D eigenvalue weighted by molar-refractivity contribution is 0.279. The second-order valence-corrected chi connectivity index (χ2v) is 1.48. The Balaban J connectivity index is 2.84. The Morgan fingerprint density at radius 1 is 1.88 bits per heavy atom. The largest absolute Gasteiger partial charge is 0.326 e. The fraction of sp³-hybridized carbons (Fsp3) is 0.400. The lowest BCUT2D eigenvalue weighted by Gasteiger charge is -1.74. The van der Waals surface area contributed by atoms with E-state index in [1.54, 1.807) is 0 Å². The fourth-order valence-corrected chi connectivity index (χ4v) is 0.453. The van der Waals surface area contributed by atoms with Gasteiger partial charge in [0, 0.05) is 6.07 Å². The number of hydrogen-bond donors (Lipinski definition) is 0. The third kappa shape index (κ3) is 0.857. The van der Waals surface area contributed by atoms with Crippen molar-refractivity contribution in [2.24, 2.45) is 0 Å². The minimum Gasteiger partial charge on any atom is -0.326 e. The van der Waals surface area contributed by atoms with E-state index in [1.165, 1.54) is 6.07 Å². The molecular weight excluding hydrogens is 109 g/mol. The summed E-state index contributed by atoms with van der Waals surface area (Å²) in [7, 11) is 0. The van der Waals surface area contributed by atoms with Gasteiger partial charge in [0.1, 0.15) is 0 Å². The molecule has 2 nitrogen and oxygen atoms in total. The van der Waals surface area contributed by atoms with E-state index in [4.69, 9.17) is 0 Å². The van der Waals surface area contributed by atoms with E-state index >= 15 is 0 Å². The van der Waals surface area contributed by atoms with Crippen LogP contribution >= 0.6 is 0 Å². The van der Waals surface area contributed by atoms with Crippen LogP contribution < -0.4 is 0 Å². The van der Waals surface area contributed by atoms with Gasteiger partial charge < -0.3 is 4.52 Å². The van der Waals surface area contributed by atoms with E-state index in [-0.39, 0.29) is 0 Å². The van der Waals surface area contributed by atoms with Crippen molar-refractivity contribution in [3.05, 3.63) is 17.8 Å². The monoisotopic (exact) mass is 115 g/mol. The van der Waals surface area contributed by atoms with E-state index in [0.717, 1.165) is 0 Å². The topological polar surface area (TPSA) is 26.0 Å². The van der Waals surface area contributed by atoms with Crippen LogP contribution in [0.15, 0.2) is 10.6 Å². The van der Waals surface area contributed by atoms with E-state index in [9.17, 15) is 4.39 Å². The van der Waals surface area contributed by atoms with Crippen LogP contribution in [-0.2, 0) is 6.42 Å². The molecule has 0 saturated carbocycles. The molecule has 0 aliphatic carbocycles. The standard InChI is InChI=1S/C5H6FNO/c1-2-4-3-5(6)8-7-4/h3H,2H2,1H3. The minimum atomic E-state index is -0.609. The van der Waals surface area contributed by atoms with Crippen LogP contribution in [0.5, 0.6) is 0 Å². The molecule has 0 spiro atoms. The first kappa shape index (κ1) is 5.28. The molecule has 0 unspecified atom stereocenters. The number of nitrogens with zero attached hydrogens (tertiary/aromatic N) is 1. The van der Waals surface area contributed by atoms with Gasteiger partial charge in [-0.25, -0.2) is 0 Å². The van der Waals surface area contributed by atoms with Gasteiger partial charge in [-0.1, -0.05) is 12.1 Å². The summed E-state index contributed by atoms with van der Waals surface area (Å²) < 4.78 is 16.0. The molecule has 0 atom stereocenters. The Morgan fingerprint density at radius 2 is 2.62 bits per heavy atom. The van der Waals surface area contributed by atoms with Crippen LogP contribution in [0.1, 0.15) is 12.6 Å². The van der Waals surface area contributed by atoms with Crippen LogP contribution in [0.4, 0.5) is 4.39 Å². The molecule has 1 aromatic rings. The lowest BCUT2D eigenvalue weighted by Crippen LogP contribution is -1.73. The molecular formula is C5H6FNO. The Labute approximate surface area is 46.3 Å². The Hall–Kier alpha value is -0.860. The summed E-state index contributed by atoms with van der Waals surface area (Å²) in [4.78, 5) is 0. The molecule has 0 saturated heterocycles. The predicted molar refractivity (Wildman–Crippen MR) is 25.8 cm³/mol. The summed E-state index contributed by atoms with van der Waals surface area (Å²) >= 11 is 0. The van der Waals surface area contributed by atoms with E-state index in [1.807, 2.05) is 6.92 Å². The van der Waals surface area contributed by atoms with Crippen LogP contribution in [0.3, 0.4) is 0 Å². The molecule has 44 valence electrons. The highest BCUT2D eigenvalue weighted by atomic mass is 19.1. The van der Waals surface area contributed by atoms with Crippen LogP contribution in [0, 0.1) is 6.01 Å². The summed E-state index contributed by atoms with van der Waals surface area (Å²) in [5.41, 5.74) is 0.655. The molecule has 0 bridgehead atoms. The molecule has 0 aliphatic heterocycles. The molecule has 0 aromatic carbocycles. The number of hydrogen-bond acceptors (Lipinski definition) is 2. The van der Waals surface area contributed by atoms with Crippen molar-refractivity contribution < 1.29 is 8.91 Å². The Morgan fingerprint density at radius 3 is 2.88 bits per heavy atom. The highest BCUT2D eigenvalue weighted by molar-refractivity contribution is 4.95.